The highest BCUT2D eigenvalue weighted by molar-refractivity contribution is 6.31. The van der Waals surface area contributed by atoms with Gasteiger partial charge in [-0.25, -0.2) is 18.7 Å². The summed E-state index contributed by atoms with van der Waals surface area (Å²) >= 11 is 5.93. The van der Waals surface area contributed by atoms with Crippen LogP contribution >= 0.6 is 11.6 Å². The predicted molar refractivity (Wildman–Crippen MR) is 151 cm³/mol. The van der Waals surface area contributed by atoms with Crippen molar-refractivity contribution in [3.05, 3.63) is 89.4 Å². The molecule has 0 fully saturated rings. The molecule has 9 nitrogen and oxygen atoms in total. The van der Waals surface area contributed by atoms with Crippen molar-refractivity contribution in [1.29, 1.82) is 5.26 Å². The van der Waals surface area contributed by atoms with Gasteiger partial charge in [-0.2, -0.15) is 10.2 Å². The third-order valence-electron chi connectivity index (χ3n) is 6.35. The Hall–Kier alpha value is -5.34. The SMILES string of the molecule is C=CC(=O)Nc1ccc(-c2c(-c3cc(F)c(Oc4ncc(Cl)c(C)n4)c(F)c3)c3c(N)ncc(C#N)c3n2C)cc1. The molecule has 0 aliphatic rings. The number of nitrogen functional groups attached to an aromatic ring is 1. The largest absolute Gasteiger partial charge is 0.418 e. The number of rotatable bonds is 6. The van der Waals surface area contributed by atoms with Gasteiger partial charge in [-0.15, -0.1) is 0 Å². The molecule has 3 N–H and O–H groups in total. The molecule has 0 bridgehead atoms. The molecule has 41 heavy (non-hydrogen) atoms. The first-order chi connectivity index (χ1) is 19.6. The highest BCUT2D eigenvalue weighted by Crippen LogP contribution is 2.45. The van der Waals surface area contributed by atoms with Crippen LogP contribution in [0, 0.1) is 29.9 Å². The van der Waals surface area contributed by atoms with E-state index in [9.17, 15) is 10.1 Å². The molecule has 0 aliphatic heterocycles. The smallest absolute Gasteiger partial charge is 0.322 e. The first kappa shape index (κ1) is 27.2. The number of aryl methyl sites for hydroxylation is 2. The Labute approximate surface area is 237 Å². The van der Waals surface area contributed by atoms with Gasteiger partial charge in [0.2, 0.25) is 11.7 Å². The topological polar surface area (TPSA) is 132 Å². The number of anilines is 2. The van der Waals surface area contributed by atoms with Crippen molar-refractivity contribution in [1.82, 2.24) is 19.5 Å². The van der Waals surface area contributed by atoms with E-state index in [0.717, 1.165) is 18.2 Å². The van der Waals surface area contributed by atoms with Crippen molar-refractivity contribution in [2.45, 2.75) is 6.92 Å². The van der Waals surface area contributed by atoms with Gasteiger partial charge in [0.05, 0.1) is 39.1 Å². The van der Waals surface area contributed by atoms with Gasteiger partial charge >= 0.3 is 6.01 Å². The van der Waals surface area contributed by atoms with E-state index < -0.39 is 17.4 Å². The van der Waals surface area contributed by atoms with Crippen LogP contribution in [0.1, 0.15) is 11.3 Å². The first-order valence-electron chi connectivity index (χ1n) is 12.0. The quantitative estimate of drug-likeness (QED) is 0.228. The van der Waals surface area contributed by atoms with E-state index in [1.165, 1.54) is 12.4 Å². The fraction of sp³-hybridized carbons (Fsp3) is 0.0690. The van der Waals surface area contributed by atoms with Gasteiger partial charge in [-0.3, -0.25) is 4.79 Å². The van der Waals surface area contributed by atoms with Crippen LogP contribution in [0.15, 0.2) is 61.4 Å². The molecule has 12 heteroatoms. The lowest BCUT2D eigenvalue weighted by atomic mass is 9.97. The van der Waals surface area contributed by atoms with E-state index in [4.69, 9.17) is 22.1 Å². The number of halogens is 3. The third kappa shape index (κ3) is 4.92. The van der Waals surface area contributed by atoms with Gasteiger partial charge in [0, 0.05) is 24.5 Å². The number of fused-ring (bicyclic) bond motifs is 1. The van der Waals surface area contributed by atoms with E-state index >= 15 is 8.78 Å². The van der Waals surface area contributed by atoms with Crippen molar-refractivity contribution in [3.8, 4) is 40.2 Å². The number of nitrogens with one attached hydrogen (secondary N) is 1. The van der Waals surface area contributed by atoms with Crippen molar-refractivity contribution in [2.24, 2.45) is 7.05 Å². The number of hydrogen-bond acceptors (Lipinski definition) is 7. The molecule has 0 unspecified atom stereocenters. The minimum atomic E-state index is -1.02. The molecule has 5 aromatic rings. The molecule has 0 radical (unpaired) electrons. The van der Waals surface area contributed by atoms with Gasteiger partial charge in [-0.1, -0.05) is 30.3 Å². The molecule has 204 valence electrons. The standard InChI is InChI=1S/C29H20ClF2N7O2/c1-4-22(40)38-18-7-5-15(6-8-18)25-23(24-26(39(25)3)17(11-33)12-35-28(24)34)16-9-20(31)27(21(32)10-16)41-29-36-13-19(30)14(2)37-29/h4-10,12-13H,1H2,2-3H3,(H2,34,35)(H,38,40). The second kappa shape index (κ2) is 10.7. The number of nitrogens with zero attached hydrogens (tertiary/aromatic N) is 5. The molecular formula is C29H20ClF2N7O2. The minimum Gasteiger partial charge on any atom is -0.418 e. The van der Waals surface area contributed by atoms with Crippen LogP contribution in [0.25, 0.3) is 33.3 Å². The number of nitriles is 1. The number of aromatic nitrogens is 4. The van der Waals surface area contributed by atoms with Gasteiger partial charge < -0.3 is 20.4 Å². The number of ether oxygens (including phenoxy) is 1. The first-order valence-corrected chi connectivity index (χ1v) is 12.4. The molecule has 0 aliphatic carbocycles. The van der Waals surface area contributed by atoms with Crippen molar-refractivity contribution < 1.29 is 18.3 Å². The van der Waals surface area contributed by atoms with Crippen LogP contribution in [-0.4, -0.2) is 25.4 Å². The Bertz CT molecular complexity index is 1890. The van der Waals surface area contributed by atoms with E-state index in [1.54, 1.807) is 42.8 Å². The summed E-state index contributed by atoms with van der Waals surface area (Å²) in [5, 5.41) is 13.1. The maximum absolute atomic E-state index is 15.5. The average Bonchev–Trinajstić information content (AvgIpc) is 3.27. The second-order valence-corrected chi connectivity index (χ2v) is 9.31. The number of benzene rings is 2. The molecule has 2 aromatic carbocycles. The summed E-state index contributed by atoms with van der Waals surface area (Å²) < 4.78 is 38.0. The van der Waals surface area contributed by atoms with Gasteiger partial charge in [-0.05, 0) is 48.4 Å². The Morgan fingerprint density at radius 3 is 2.46 bits per heavy atom. The van der Waals surface area contributed by atoms with Gasteiger partial charge in [0.15, 0.2) is 11.6 Å². The van der Waals surface area contributed by atoms with Crippen LogP contribution < -0.4 is 15.8 Å². The second-order valence-electron chi connectivity index (χ2n) is 8.90. The molecular weight excluding hydrogens is 552 g/mol. The van der Waals surface area contributed by atoms with Crippen molar-refractivity contribution in [2.75, 3.05) is 11.1 Å². The zero-order chi connectivity index (χ0) is 29.4. The molecule has 0 spiro atoms. The highest BCUT2D eigenvalue weighted by atomic mass is 35.5. The fourth-order valence-electron chi connectivity index (χ4n) is 4.49. The molecule has 3 heterocycles. The Morgan fingerprint density at radius 2 is 1.85 bits per heavy atom. The molecule has 5 rings (SSSR count). The van der Waals surface area contributed by atoms with Crippen LogP contribution in [-0.2, 0) is 11.8 Å². The van der Waals surface area contributed by atoms with Gasteiger partial charge in [0.25, 0.3) is 0 Å². The van der Waals surface area contributed by atoms with Crippen LogP contribution in [0.2, 0.25) is 5.02 Å². The van der Waals surface area contributed by atoms with Crippen molar-refractivity contribution in [3.63, 3.8) is 0 Å². The van der Waals surface area contributed by atoms with E-state index in [-0.39, 0.29) is 33.9 Å². The summed E-state index contributed by atoms with van der Waals surface area (Å²) in [6.07, 6.45) is 3.75. The monoisotopic (exact) mass is 571 g/mol. The zero-order valence-electron chi connectivity index (χ0n) is 21.7. The number of carbonyl (C=O) groups excluding carboxylic acids is 1. The Morgan fingerprint density at radius 1 is 1.17 bits per heavy atom. The number of hydrogen-bond donors (Lipinski definition) is 2. The van der Waals surface area contributed by atoms with Crippen molar-refractivity contribution >= 4 is 39.9 Å². The van der Waals surface area contributed by atoms with E-state index in [2.05, 4.69) is 32.9 Å². The summed E-state index contributed by atoms with van der Waals surface area (Å²) in [5.74, 6) is -3.07. The Kier molecular flexibility index (Phi) is 7.09. The zero-order valence-corrected chi connectivity index (χ0v) is 22.4. The lowest BCUT2D eigenvalue weighted by molar-refractivity contribution is -0.111. The number of carbonyl (C=O) groups is 1. The average molecular weight is 572 g/mol. The predicted octanol–water partition coefficient (Wildman–Crippen LogP) is 6.31. The number of amides is 1. The third-order valence-corrected chi connectivity index (χ3v) is 6.72. The highest BCUT2D eigenvalue weighted by Gasteiger charge is 2.26. The number of nitrogens with two attached hydrogens (primary N) is 1. The summed E-state index contributed by atoms with van der Waals surface area (Å²) in [5.41, 5.74) is 9.39. The van der Waals surface area contributed by atoms with Crippen LogP contribution in [0.5, 0.6) is 11.8 Å². The maximum atomic E-state index is 15.5. The van der Waals surface area contributed by atoms with Crippen LogP contribution in [0.3, 0.4) is 0 Å². The van der Waals surface area contributed by atoms with Crippen LogP contribution in [0.4, 0.5) is 20.3 Å². The summed E-state index contributed by atoms with van der Waals surface area (Å²) in [6.45, 7) is 5.04. The molecule has 0 saturated carbocycles. The molecule has 0 saturated heterocycles. The maximum Gasteiger partial charge on any atom is 0.322 e. The summed E-state index contributed by atoms with van der Waals surface area (Å²) in [4.78, 5) is 23.7. The fourth-order valence-corrected chi connectivity index (χ4v) is 4.58. The normalized spacial score (nSPS) is 10.8. The minimum absolute atomic E-state index is 0.0666. The van der Waals surface area contributed by atoms with E-state index in [1.807, 2.05) is 0 Å². The summed E-state index contributed by atoms with van der Waals surface area (Å²) in [7, 11) is 1.71. The number of pyridine rings is 1. The molecule has 1 amide bonds. The Balaban J connectivity index is 1.71. The molecule has 3 aromatic heterocycles. The lowest BCUT2D eigenvalue weighted by Gasteiger charge is -2.12. The summed E-state index contributed by atoms with van der Waals surface area (Å²) in [6, 6.07) is 10.8. The van der Waals surface area contributed by atoms with Gasteiger partial charge in [0.1, 0.15) is 11.9 Å². The molecule has 0 atom stereocenters. The lowest BCUT2D eigenvalue weighted by Crippen LogP contribution is -2.06. The van der Waals surface area contributed by atoms with E-state index in [0.29, 0.717) is 39.1 Å².